The van der Waals surface area contributed by atoms with E-state index in [1.807, 2.05) is 6.20 Å². The van der Waals surface area contributed by atoms with E-state index in [4.69, 9.17) is 4.98 Å². The van der Waals surface area contributed by atoms with Gasteiger partial charge in [-0.2, -0.15) is 0 Å². The van der Waals surface area contributed by atoms with Crippen molar-refractivity contribution in [3.8, 4) is 0 Å². The summed E-state index contributed by atoms with van der Waals surface area (Å²) in [5, 5.41) is 1.34. The summed E-state index contributed by atoms with van der Waals surface area (Å²) in [7, 11) is 0. The number of aromatic nitrogens is 2. The molecule has 4 heteroatoms. The van der Waals surface area contributed by atoms with Crippen LogP contribution >= 0.6 is 12.4 Å². The molecule has 2 aromatic carbocycles. The van der Waals surface area contributed by atoms with Gasteiger partial charge in [-0.1, -0.05) is 54.1 Å². The molecule has 0 amide bonds. The minimum Gasteiger partial charge on any atom is -0.355 e. The van der Waals surface area contributed by atoms with Gasteiger partial charge in [0.05, 0.1) is 5.52 Å². The molecule has 3 heterocycles. The van der Waals surface area contributed by atoms with Crippen LogP contribution in [-0.4, -0.2) is 22.6 Å². The number of pyridine rings is 1. The van der Waals surface area contributed by atoms with Gasteiger partial charge in [0.25, 0.3) is 0 Å². The zero-order valence-electron chi connectivity index (χ0n) is 20.8. The van der Waals surface area contributed by atoms with E-state index in [-0.39, 0.29) is 12.4 Å². The molecule has 0 radical (unpaired) electrons. The highest BCUT2D eigenvalue weighted by Gasteiger charge is 2.24. The molecule has 34 heavy (non-hydrogen) atoms. The summed E-state index contributed by atoms with van der Waals surface area (Å²) in [4.78, 5) is 7.47. The third-order valence-electron chi connectivity index (χ3n) is 7.64. The van der Waals surface area contributed by atoms with Crippen molar-refractivity contribution < 1.29 is 0 Å². The lowest BCUT2D eigenvalue weighted by atomic mass is 9.90. The third-order valence-corrected chi connectivity index (χ3v) is 7.64. The SMILES string of the molecule is Cc1ccc(C)c(Cn2c(C)c(C)c3ccnc(N4CCC(Cc5ccccc5)CC4)c32)c1.Cl. The fourth-order valence-corrected chi connectivity index (χ4v) is 5.44. The zero-order valence-corrected chi connectivity index (χ0v) is 21.7. The molecule has 5 rings (SSSR count). The number of nitrogens with zero attached hydrogens (tertiary/aromatic N) is 3. The van der Waals surface area contributed by atoms with E-state index in [9.17, 15) is 0 Å². The van der Waals surface area contributed by atoms with E-state index in [1.165, 1.54) is 63.7 Å². The van der Waals surface area contributed by atoms with E-state index in [2.05, 4.69) is 91.8 Å². The van der Waals surface area contributed by atoms with Gasteiger partial charge in [-0.3, -0.25) is 0 Å². The van der Waals surface area contributed by atoms with Crippen LogP contribution < -0.4 is 4.90 Å². The Labute approximate surface area is 210 Å². The summed E-state index contributed by atoms with van der Waals surface area (Å²) in [6, 6.07) is 19.9. The Morgan fingerprint density at radius 1 is 0.912 bits per heavy atom. The summed E-state index contributed by atoms with van der Waals surface area (Å²) in [6.07, 6.45) is 5.64. The molecule has 0 atom stereocenters. The first-order chi connectivity index (χ1) is 16.0. The topological polar surface area (TPSA) is 21.1 Å². The Bertz CT molecular complexity index is 1270. The Hall–Kier alpha value is -2.78. The van der Waals surface area contributed by atoms with Crippen molar-refractivity contribution in [3.05, 3.63) is 94.3 Å². The standard InChI is InChI=1S/C30H35N3.ClH/c1-21-10-11-22(2)27(18-21)20-33-24(4)23(3)28-12-15-31-30(29(28)33)32-16-13-26(14-17-32)19-25-8-6-5-7-9-25;/h5-12,15,18,26H,13-14,16-17,19-20H2,1-4H3;1H. The lowest BCUT2D eigenvalue weighted by Crippen LogP contribution is -2.35. The number of rotatable bonds is 5. The molecule has 0 aliphatic carbocycles. The lowest BCUT2D eigenvalue weighted by molar-refractivity contribution is 0.402. The number of piperidine rings is 1. The Balaban J connectivity index is 0.00000274. The molecule has 0 N–H and O–H groups in total. The summed E-state index contributed by atoms with van der Waals surface area (Å²) in [5.41, 5.74) is 9.55. The number of aryl methyl sites for hydroxylation is 3. The van der Waals surface area contributed by atoms with Crippen molar-refractivity contribution in [2.75, 3.05) is 18.0 Å². The number of benzene rings is 2. The molecule has 3 nitrogen and oxygen atoms in total. The van der Waals surface area contributed by atoms with Crippen LogP contribution in [0.1, 0.15) is 46.4 Å². The van der Waals surface area contributed by atoms with Crippen molar-refractivity contribution in [3.63, 3.8) is 0 Å². The van der Waals surface area contributed by atoms with Gasteiger partial charge in [0.2, 0.25) is 0 Å². The molecule has 178 valence electrons. The maximum Gasteiger partial charge on any atom is 0.153 e. The van der Waals surface area contributed by atoms with E-state index in [1.54, 1.807) is 0 Å². The van der Waals surface area contributed by atoms with Crippen molar-refractivity contribution in [1.29, 1.82) is 0 Å². The minimum atomic E-state index is 0. The molecule has 1 aliphatic rings. The van der Waals surface area contributed by atoms with Crippen molar-refractivity contribution >= 4 is 29.1 Å². The second-order valence-electron chi connectivity index (χ2n) is 9.88. The first-order valence-corrected chi connectivity index (χ1v) is 12.3. The van der Waals surface area contributed by atoms with Gasteiger partial charge >= 0.3 is 0 Å². The quantitative estimate of drug-likeness (QED) is 0.305. The largest absolute Gasteiger partial charge is 0.355 e. The molecule has 1 saturated heterocycles. The minimum absolute atomic E-state index is 0. The fraction of sp³-hybridized carbons (Fsp3) is 0.367. The molecule has 0 unspecified atom stereocenters. The van der Waals surface area contributed by atoms with E-state index >= 15 is 0 Å². The molecule has 1 fully saturated rings. The van der Waals surface area contributed by atoms with Gasteiger partial charge in [-0.15, -0.1) is 12.4 Å². The van der Waals surface area contributed by atoms with Crippen LogP contribution in [0.3, 0.4) is 0 Å². The van der Waals surface area contributed by atoms with Crippen molar-refractivity contribution in [1.82, 2.24) is 9.55 Å². The second-order valence-corrected chi connectivity index (χ2v) is 9.88. The molecule has 2 aromatic heterocycles. The number of halogens is 1. The van der Waals surface area contributed by atoms with Gasteiger partial charge in [-0.05, 0) is 81.2 Å². The van der Waals surface area contributed by atoms with Crippen LogP contribution in [0.25, 0.3) is 10.9 Å². The van der Waals surface area contributed by atoms with Gasteiger partial charge in [-0.25, -0.2) is 4.98 Å². The van der Waals surface area contributed by atoms with Crippen LogP contribution in [0.4, 0.5) is 5.82 Å². The Kier molecular flexibility index (Phi) is 7.33. The van der Waals surface area contributed by atoms with E-state index in [0.29, 0.717) is 0 Å². The average Bonchev–Trinajstić information content (AvgIpc) is 3.07. The number of anilines is 1. The number of hydrogen-bond donors (Lipinski definition) is 0. The highest BCUT2D eigenvalue weighted by molar-refractivity contribution is 5.93. The molecule has 0 spiro atoms. The van der Waals surface area contributed by atoms with Gasteiger partial charge in [0, 0.05) is 36.9 Å². The number of fused-ring (bicyclic) bond motifs is 1. The average molecular weight is 474 g/mol. The predicted octanol–water partition coefficient (Wildman–Crippen LogP) is 7.20. The molecular weight excluding hydrogens is 438 g/mol. The smallest absolute Gasteiger partial charge is 0.153 e. The van der Waals surface area contributed by atoms with E-state index in [0.717, 1.165) is 31.4 Å². The highest BCUT2D eigenvalue weighted by Crippen LogP contribution is 2.34. The van der Waals surface area contributed by atoms with Crippen LogP contribution in [0.5, 0.6) is 0 Å². The van der Waals surface area contributed by atoms with Crippen molar-refractivity contribution in [2.45, 2.75) is 53.5 Å². The monoisotopic (exact) mass is 473 g/mol. The maximum absolute atomic E-state index is 4.94. The van der Waals surface area contributed by atoms with E-state index < -0.39 is 0 Å². The number of hydrogen-bond acceptors (Lipinski definition) is 2. The molecular formula is C30H36ClN3. The molecule has 0 saturated carbocycles. The summed E-state index contributed by atoms with van der Waals surface area (Å²) < 4.78 is 2.50. The van der Waals surface area contributed by atoms with Gasteiger partial charge in [0.1, 0.15) is 0 Å². The van der Waals surface area contributed by atoms with Gasteiger partial charge in [0.15, 0.2) is 5.82 Å². The van der Waals surface area contributed by atoms with Crippen LogP contribution in [0.15, 0.2) is 60.8 Å². The van der Waals surface area contributed by atoms with Crippen LogP contribution in [-0.2, 0) is 13.0 Å². The zero-order chi connectivity index (χ0) is 22.9. The molecule has 0 bridgehead atoms. The predicted molar refractivity (Wildman–Crippen MR) is 147 cm³/mol. The highest BCUT2D eigenvalue weighted by atomic mass is 35.5. The summed E-state index contributed by atoms with van der Waals surface area (Å²) in [6.45, 7) is 12.0. The molecule has 4 aromatic rings. The first-order valence-electron chi connectivity index (χ1n) is 12.3. The fourth-order valence-electron chi connectivity index (χ4n) is 5.44. The third kappa shape index (κ3) is 4.72. The van der Waals surface area contributed by atoms with Crippen LogP contribution in [0, 0.1) is 33.6 Å². The van der Waals surface area contributed by atoms with Crippen molar-refractivity contribution in [2.24, 2.45) is 5.92 Å². The summed E-state index contributed by atoms with van der Waals surface area (Å²) in [5.74, 6) is 1.92. The maximum atomic E-state index is 4.94. The van der Waals surface area contributed by atoms with Gasteiger partial charge < -0.3 is 9.47 Å². The lowest BCUT2D eigenvalue weighted by Gasteiger charge is -2.33. The van der Waals surface area contributed by atoms with Crippen LogP contribution in [0.2, 0.25) is 0 Å². The second kappa shape index (κ2) is 10.2. The Morgan fingerprint density at radius 2 is 1.65 bits per heavy atom. The molecule has 1 aliphatic heterocycles. The normalized spacial score (nSPS) is 14.4. The summed E-state index contributed by atoms with van der Waals surface area (Å²) >= 11 is 0. The Morgan fingerprint density at radius 3 is 2.38 bits per heavy atom. The first kappa shape index (κ1) is 24.3.